The predicted molar refractivity (Wildman–Crippen MR) is 72.7 cm³/mol. The number of carbonyl (C=O) groups excluding carboxylic acids is 2. The van der Waals surface area contributed by atoms with Gasteiger partial charge < -0.3 is 9.69 Å². The van der Waals surface area contributed by atoms with Crippen LogP contribution in [0.25, 0.3) is 0 Å². The van der Waals surface area contributed by atoms with Gasteiger partial charge in [-0.1, -0.05) is 23.7 Å². The zero-order chi connectivity index (χ0) is 13.5. The molecule has 0 spiro atoms. The number of nitrogens with zero attached hydrogens (tertiary/aromatic N) is 1. The van der Waals surface area contributed by atoms with Gasteiger partial charge in [0.2, 0.25) is 5.91 Å². The fourth-order valence-corrected chi connectivity index (χ4v) is 1.67. The Hall–Kier alpha value is -1.35. The molecule has 0 aliphatic heterocycles. The molecular weight excluding hydrogens is 250 g/mol. The first kappa shape index (κ1) is 14.7. The average Bonchev–Trinajstić information content (AvgIpc) is 2.34. The Kier molecular flexibility index (Phi) is 5.86. The lowest BCUT2D eigenvalue weighted by Gasteiger charge is -2.16. The highest BCUT2D eigenvalue weighted by Crippen LogP contribution is 2.10. The predicted octanol–water partition coefficient (Wildman–Crippen LogP) is 2.71. The van der Waals surface area contributed by atoms with Gasteiger partial charge in [0.1, 0.15) is 5.78 Å². The van der Waals surface area contributed by atoms with Gasteiger partial charge in [0.15, 0.2) is 0 Å². The van der Waals surface area contributed by atoms with Crippen molar-refractivity contribution in [2.75, 3.05) is 13.6 Å². The molecule has 0 aliphatic rings. The highest BCUT2D eigenvalue weighted by Gasteiger charge is 2.09. The van der Waals surface area contributed by atoms with Crippen LogP contribution >= 0.6 is 11.6 Å². The summed E-state index contributed by atoms with van der Waals surface area (Å²) in [6, 6.07) is 7.59. The van der Waals surface area contributed by atoms with E-state index in [4.69, 9.17) is 11.6 Å². The highest BCUT2D eigenvalue weighted by molar-refractivity contribution is 6.30. The third-order valence-electron chi connectivity index (χ3n) is 2.77. The van der Waals surface area contributed by atoms with Gasteiger partial charge in [0, 0.05) is 31.5 Å². The maximum absolute atomic E-state index is 11.7. The van der Waals surface area contributed by atoms with Crippen molar-refractivity contribution < 1.29 is 9.59 Å². The molecule has 18 heavy (non-hydrogen) atoms. The molecule has 0 N–H and O–H groups in total. The fraction of sp³-hybridized carbons (Fsp3) is 0.429. The molecule has 0 saturated carbocycles. The molecule has 1 rings (SSSR count). The lowest BCUT2D eigenvalue weighted by molar-refractivity contribution is -0.131. The molecule has 1 aromatic rings. The largest absolute Gasteiger partial charge is 0.345 e. The minimum Gasteiger partial charge on any atom is -0.345 e. The maximum Gasteiger partial charge on any atom is 0.222 e. The van der Waals surface area contributed by atoms with Crippen LogP contribution in [0.1, 0.15) is 25.3 Å². The van der Waals surface area contributed by atoms with Crippen LogP contribution in [0.2, 0.25) is 5.02 Å². The van der Waals surface area contributed by atoms with Crippen LogP contribution in [-0.2, 0) is 16.0 Å². The maximum atomic E-state index is 11.7. The summed E-state index contributed by atoms with van der Waals surface area (Å²) in [6.45, 7) is 2.15. The number of ketones is 1. The molecule has 0 aliphatic carbocycles. The van der Waals surface area contributed by atoms with E-state index >= 15 is 0 Å². The zero-order valence-corrected chi connectivity index (χ0v) is 11.5. The molecule has 4 heteroatoms. The molecule has 1 amide bonds. The van der Waals surface area contributed by atoms with E-state index < -0.39 is 0 Å². The molecule has 0 bridgehead atoms. The second-order valence-corrected chi connectivity index (χ2v) is 4.83. The monoisotopic (exact) mass is 267 g/mol. The number of Topliss-reactive ketones (excluding diaryl/α,β-unsaturated/α-hetero) is 1. The number of benzene rings is 1. The molecule has 98 valence electrons. The van der Waals surface area contributed by atoms with Crippen LogP contribution in [0.4, 0.5) is 0 Å². The second kappa shape index (κ2) is 7.17. The summed E-state index contributed by atoms with van der Waals surface area (Å²) in [5.41, 5.74) is 1.14. The van der Waals surface area contributed by atoms with Crippen molar-refractivity contribution in [2.24, 2.45) is 0 Å². The highest BCUT2D eigenvalue weighted by atomic mass is 35.5. The van der Waals surface area contributed by atoms with Crippen molar-refractivity contribution in [1.29, 1.82) is 0 Å². The van der Waals surface area contributed by atoms with E-state index in [1.807, 2.05) is 24.3 Å². The summed E-state index contributed by atoms with van der Waals surface area (Å²) < 4.78 is 0. The van der Waals surface area contributed by atoms with Gasteiger partial charge in [-0.3, -0.25) is 4.79 Å². The summed E-state index contributed by atoms with van der Waals surface area (Å²) >= 11 is 5.80. The van der Waals surface area contributed by atoms with E-state index in [0.717, 1.165) is 12.0 Å². The number of hydrogen-bond acceptors (Lipinski definition) is 2. The lowest BCUT2D eigenvalue weighted by Crippen LogP contribution is -2.28. The molecule has 0 fully saturated rings. The molecule has 0 unspecified atom stereocenters. The molecule has 0 heterocycles. The Morgan fingerprint density at radius 2 is 1.78 bits per heavy atom. The normalized spacial score (nSPS) is 10.2. The van der Waals surface area contributed by atoms with Gasteiger partial charge >= 0.3 is 0 Å². The van der Waals surface area contributed by atoms with Gasteiger partial charge in [-0.2, -0.15) is 0 Å². The van der Waals surface area contributed by atoms with E-state index in [2.05, 4.69) is 0 Å². The van der Waals surface area contributed by atoms with Gasteiger partial charge in [0.05, 0.1) is 0 Å². The van der Waals surface area contributed by atoms with Crippen molar-refractivity contribution in [2.45, 2.75) is 26.2 Å². The number of amides is 1. The van der Waals surface area contributed by atoms with Crippen molar-refractivity contribution in [3.05, 3.63) is 34.9 Å². The van der Waals surface area contributed by atoms with E-state index in [-0.39, 0.29) is 11.7 Å². The summed E-state index contributed by atoms with van der Waals surface area (Å²) in [7, 11) is 1.76. The Morgan fingerprint density at radius 3 is 2.33 bits per heavy atom. The first-order valence-electron chi connectivity index (χ1n) is 5.97. The van der Waals surface area contributed by atoms with Crippen LogP contribution in [0.15, 0.2) is 24.3 Å². The Bertz CT molecular complexity index is 414. The average molecular weight is 268 g/mol. The molecule has 0 saturated heterocycles. The quantitative estimate of drug-likeness (QED) is 0.795. The molecule has 3 nitrogen and oxygen atoms in total. The van der Waals surface area contributed by atoms with Crippen LogP contribution in [0.3, 0.4) is 0 Å². The topological polar surface area (TPSA) is 37.4 Å². The zero-order valence-electron chi connectivity index (χ0n) is 10.8. The van der Waals surface area contributed by atoms with Gasteiger partial charge in [-0.05, 0) is 31.0 Å². The Balaban J connectivity index is 2.36. The summed E-state index contributed by atoms with van der Waals surface area (Å²) in [4.78, 5) is 24.1. The lowest BCUT2D eigenvalue weighted by atomic mass is 10.1. The molecule has 0 aromatic heterocycles. The van der Waals surface area contributed by atoms with Gasteiger partial charge in [-0.15, -0.1) is 0 Å². The first-order valence-corrected chi connectivity index (χ1v) is 6.34. The number of hydrogen-bond donors (Lipinski definition) is 0. The van der Waals surface area contributed by atoms with E-state index in [1.54, 1.807) is 11.9 Å². The van der Waals surface area contributed by atoms with Crippen molar-refractivity contribution >= 4 is 23.3 Å². The van der Waals surface area contributed by atoms with Crippen molar-refractivity contribution in [3.8, 4) is 0 Å². The van der Waals surface area contributed by atoms with Gasteiger partial charge in [-0.25, -0.2) is 0 Å². The third kappa shape index (κ3) is 5.32. The summed E-state index contributed by atoms with van der Waals surface area (Å²) in [5.74, 6) is 0.0635. The Morgan fingerprint density at radius 1 is 1.17 bits per heavy atom. The molecule has 0 atom stereocenters. The van der Waals surface area contributed by atoms with E-state index in [0.29, 0.717) is 24.4 Å². The summed E-state index contributed by atoms with van der Waals surface area (Å²) in [5, 5.41) is 0.713. The standard InChI is InChI=1S/C14H18ClNO2/c1-11(17)3-8-14(18)16(2)10-9-12-4-6-13(15)7-5-12/h4-7H,3,8-10H2,1-2H3. The first-order chi connectivity index (χ1) is 8.49. The van der Waals surface area contributed by atoms with Crippen molar-refractivity contribution in [1.82, 2.24) is 4.90 Å². The van der Waals surface area contributed by atoms with Crippen LogP contribution in [0.5, 0.6) is 0 Å². The number of halogens is 1. The minimum absolute atomic E-state index is 0.0131. The number of likely N-dealkylation sites (N-methyl/N-ethyl adjacent to an activating group) is 1. The molecule has 1 aromatic carbocycles. The minimum atomic E-state index is 0.0131. The molecular formula is C14H18ClNO2. The van der Waals surface area contributed by atoms with Crippen LogP contribution in [0, 0.1) is 0 Å². The van der Waals surface area contributed by atoms with Crippen molar-refractivity contribution in [3.63, 3.8) is 0 Å². The second-order valence-electron chi connectivity index (χ2n) is 4.39. The number of carbonyl (C=O) groups is 2. The third-order valence-corrected chi connectivity index (χ3v) is 3.02. The Labute approximate surface area is 113 Å². The fourth-order valence-electron chi connectivity index (χ4n) is 1.55. The van der Waals surface area contributed by atoms with Crippen LogP contribution in [-0.4, -0.2) is 30.2 Å². The van der Waals surface area contributed by atoms with Gasteiger partial charge in [0.25, 0.3) is 0 Å². The SMILES string of the molecule is CC(=O)CCC(=O)N(C)CCc1ccc(Cl)cc1. The molecule has 0 radical (unpaired) electrons. The van der Waals surface area contributed by atoms with Crippen LogP contribution < -0.4 is 0 Å². The van der Waals surface area contributed by atoms with E-state index in [9.17, 15) is 9.59 Å². The summed E-state index contributed by atoms with van der Waals surface area (Å²) in [6.07, 6.45) is 1.41. The number of rotatable bonds is 6. The van der Waals surface area contributed by atoms with E-state index in [1.165, 1.54) is 6.92 Å². The smallest absolute Gasteiger partial charge is 0.222 e.